The Hall–Kier alpha value is -1.67. The van der Waals surface area contributed by atoms with Gasteiger partial charge in [0.25, 0.3) is 0 Å². The molecule has 1 aromatic rings. The van der Waals surface area contributed by atoms with E-state index in [0.717, 1.165) is 29.5 Å². The first-order valence-corrected chi connectivity index (χ1v) is 10.3. The zero-order chi connectivity index (χ0) is 18.3. The van der Waals surface area contributed by atoms with Crippen molar-refractivity contribution in [1.29, 1.82) is 0 Å². The first kappa shape index (κ1) is 19.7. The fourth-order valence-electron chi connectivity index (χ4n) is 2.82. The SMILES string of the molecule is CS(=O)(=O)N(CC(=O)NCCCOC1CCCC1)c1cccc(F)c1. The average Bonchev–Trinajstić information content (AvgIpc) is 3.04. The molecule has 1 aromatic carbocycles. The van der Waals surface area contributed by atoms with Crippen LogP contribution in [0, 0.1) is 5.82 Å². The van der Waals surface area contributed by atoms with Crippen molar-refractivity contribution >= 4 is 21.6 Å². The molecule has 0 unspecified atom stereocenters. The molecular weight excluding hydrogens is 347 g/mol. The molecule has 140 valence electrons. The molecule has 0 heterocycles. The van der Waals surface area contributed by atoms with Gasteiger partial charge in [0, 0.05) is 13.2 Å². The maximum atomic E-state index is 13.3. The van der Waals surface area contributed by atoms with E-state index in [0.29, 0.717) is 25.7 Å². The van der Waals surface area contributed by atoms with Crippen molar-refractivity contribution < 1.29 is 22.3 Å². The van der Waals surface area contributed by atoms with Crippen molar-refractivity contribution in [3.63, 3.8) is 0 Å². The van der Waals surface area contributed by atoms with Gasteiger partial charge >= 0.3 is 0 Å². The predicted octanol–water partition coefficient (Wildman–Crippen LogP) is 2.06. The summed E-state index contributed by atoms with van der Waals surface area (Å²) in [6.07, 6.45) is 6.62. The van der Waals surface area contributed by atoms with E-state index in [-0.39, 0.29) is 12.2 Å². The zero-order valence-corrected chi connectivity index (χ0v) is 15.2. The van der Waals surface area contributed by atoms with Gasteiger partial charge in [-0.05, 0) is 37.5 Å². The summed E-state index contributed by atoms with van der Waals surface area (Å²) in [7, 11) is -3.69. The average molecular weight is 372 g/mol. The van der Waals surface area contributed by atoms with Gasteiger partial charge in [0.2, 0.25) is 15.9 Å². The van der Waals surface area contributed by atoms with Crippen molar-refractivity contribution in [3.05, 3.63) is 30.1 Å². The van der Waals surface area contributed by atoms with Crippen LogP contribution in [-0.4, -0.2) is 46.4 Å². The third-order valence-electron chi connectivity index (χ3n) is 4.08. The zero-order valence-electron chi connectivity index (χ0n) is 14.4. The molecule has 0 aromatic heterocycles. The highest BCUT2D eigenvalue weighted by atomic mass is 32.2. The van der Waals surface area contributed by atoms with E-state index in [9.17, 15) is 17.6 Å². The van der Waals surface area contributed by atoms with E-state index in [1.54, 1.807) is 0 Å². The first-order valence-electron chi connectivity index (χ1n) is 8.48. The minimum Gasteiger partial charge on any atom is -0.378 e. The Morgan fingerprint density at radius 2 is 2.08 bits per heavy atom. The number of nitrogens with zero attached hydrogens (tertiary/aromatic N) is 1. The Balaban J connectivity index is 1.79. The van der Waals surface area contributed by atoms with Crippen LogP contribution in [-0.2, 0) is 19.6 Å². The lowest BCUT2D eigenvalue weighted by Crippen LogP contribution is -2.40. The summed E-state index contributed by atoms with van der Waals surface area (Å²) < 4.78 is 43.7. The molecule has 1 amide bonds. The molecule has 0 bridgehead atoms. The molecule has 1 fully saturated rings. The Morgan fingerprint density at radius 3 is 2.72 bits per heavy atom. The van der Waals surface area contributed by atoms with E-state index in [1.807, 2.05) is 0 Å². The molecule has 0 atom stereocenters. The van der Waals surface area contributed by atoms with Gasteiger partial charge in [0.05, 0.1) is 18.0 Å². The fourth-order valence-corrected chi connectivity index (χ4v) is 3.67. The van der Waals surface area contributed by atoms with Crippen molar-refractivity contribution in [2.45, 2.75) is 38.2 Å². The molecule has 0 radical (unpaired) electrons. The fraction of sp³-hybridized carbons (Fsp3) is 0.588. The van der Waals surface area contributed by atoms with Crippen LogP contribution in [0.15, 0.2) is 24.3 Å². The Kier molecular flexibility index (Phi) is 7.19. The monoisotopic (exact) mass is 372 g/mol. The summed E-state index contributed by atoms with van der Waals surface area (Å²) >= 11 is 0. The van der Waals surface area contributed by atoms with E-state index in [2.05, 4.69) is 5.32 Å². The number of nitrogens with one attached hydrogen (secondary N) is 1. The molecule has 0 saturated heterocycles. The Morgan fingerprint density at radius 1 is 1.36 bits per heavy atom. The topological polar surface area (TPSA) is 75.7 Å². The van der Waals surface area contributed by atoms with E-state index >= 15 is 0 Å². The van der Waals surface area contributed by atoms with Gasteiger partial charge in [0.1, 0.15) is 12.4 Å². The number of ether oxygens (including phenoxy) is 1. The van der Waals surface area contributed by atoms with Gasteiger partial charge in [-0.2, -0.15) is 0 Å². The second kappa shape index (κ2) is 9.15. The number of rotatable bonds is 9. The summed E-state index contributed by atoms with van der Waals surface area (Å²) in [4.78, 5) is 12.0. The third kappa shape index (κ3) is 6.62. The highest BCUT2D eigenvalue weighted by molar-refractivity contribution is 7.92. The molecule has 6 nitrogen and oxygen atoms in total. The molecule has 0 aliphatic heterocycles. The van der Waals surface area contributed by atoms with E-state index in [4.69, 9.17) is 4.74 Å². The molecule has 8 heteroatoms. The van der Waals surface area contributed by atoms with Crippen molar-refractivity contribution in [1.82, 2.24) is 5.32 Å². The lowest BCUT2D eigenvalue weighted by atomic mass is 10.3. The number of halogens is 1. The quantitative estimate of drug-likeness (QED) is 0.673. The normalized spacial score (nSPS) is 15.3. The molecule has 2 rings (SSSR count). The van der Waals surface area contributed by atoms with Crippen LogP contribution in [0.1, 0.15) is 32.1 Å². The Bertz CT molecular complexity index is 675. The lowest BCUT2D eigenvalue weighted by Gasteiger charge is -2.22. The van der Waals surface area contributed by atoms with E-state index in [1.165, 1.54) is 31.0 Å². The molecule has 0 spiro atoms. The number of anilines is 1. The standard InChI is InChI=1S/C17H25FN2O4S/c1-25(22,23)20(15-7-4-6-14(18)12-15)13-17(21)19-10-5-11-24-16-8-2-3-9-16/h4,6-7,12,16H,2-3,5,8-11,13H2,1H3,(H,19,21). The second-order valence-electron chi connectivity index (χ2n) is 6.23. The van der Waals surface area contributed by atoms with Gasteiger partial charge in [-0.15, -0.1) is 0 Å². The highest BCUT2D eigenvalue weighted by Gasteiger charge is 2.21. The smallest absolute Gasteiger partial charge is 0.240 e. The molecule has 25 heavy (non-hydrogen) atoms. The number of carbonyl (C=O) groups excluding carboxylic acids is 1. The van der Waals surface area contributed by atoms with Crippen LogP contribution >= 0.6 is 0 Å². The van der Waals surface area contributed by atoms with Gasteiger partial charge in [0.15, 0.2) is 0 Å². The highest BCUT2D eigenvalue weighted by Crippen LogP contribution is 2.21. The van der Waals surface area contributed by atoms with Gasteiger partial charge < -0.3 is 10.1 Å². The number of hydrogen-bond acceptors (Lipinski definition) is 4. The number of hydrogen-bond donors (Lipinski definition) is 1. The van der Waals surface area contributed by atoms with Crippen LogP contribution < -0.4 is 9.62 Å². The van der Waals surface area contributed by atoms with Crippen LogP contribution in [0.3, 0.4) is 0 Å². The molecule has 1 aliphatic rings. The second-order valence-corrected chi connectivity index (χ2v) is 8.14. The maximum Gasteiger partial charge on any atom is 0.240 e. The summed E-state index contributed by atoms with van der Waals surface area (Å²) in [5.74, 6) is -0.994. The molecular formula is C17H25FN2O4S. The van der Waals surface area contributed by atoms with Crippen LogP contribution in [0.25, 0.3) is 0 Å². The number of carbonyl (C=O) groups is 1. The van der Waals surface area contributed by atoms with Crippen LogP contribution in [0.2, 0.25) is 0 Å². The largest absolute Gasteiger partial charge is 0.378 e. The number of benzene rings is 1. The first-order chi connectivity index (χ1) is 11.9. The van der Waals surface area contributed by atoms with Crippen LogP contribution in [0.4, 0.5) is 10.1 Å². The van der Waals surface area contributed by atoms with Crippen LogP contribution in [0.5, 0.6) is 0 Å². The summed E-state index contributed by atoms with van der Waals surface area (Å²) in [5, 5.41) is 2.68. The van der Waals surface area contributed by atoms with Crippen molar-refractivity contribution in [3.8, 4) is 0 Å². The van der Waals surface area contributed by atoms with Gasteiger partial charge in [-0.1, -0.05) is 18.9 Å². The third-order valence-corrected chi connectivity index (χ3v) is 5.22. The summed E-state index contributed by atoms with van der Waals surface area (Å²) in [6.45, 7) is 0.600. The molecule has 1 aliphatic carbocycles. The number of sulfonamides is 1. The lowest BCUT2D eigenvalue weighted by molar-refractivity contribution is -0.119. The predicted molar refractivity (Wildman–Crippen MR) is 94.4 cm³/mol. The minimum absolute atomic E-state index is 0.127. The number of amides is 1. The van der Waals surface area contributed by atoms with E-state index < -0.39 is 21.7 Å². The van der Waals surface area contributed by atoms with Crippen molar-refractivity contribution in [2.75, 3.05) is 30.3 Å². The van der Waals surface area contributed by atoms with Crippen molar-refractivity contribution in [2.24, 2.45) is 0 Å². The van der Waals surface area contributed by atoms with Gasteiger partial charge in [-0.3, -0.25) is 9.10 Å². The molecule has 1 saturated carbocycles. The van der Waals surface area contributed by atoms with Gasteiger partial charge in [-0.25, -0.2) is 12.8 Å². The maximum absolute atomic E-state index is 13.3. The molecule has 1 N–H and O–H groups in total. The summed E-state index contributed by atoms with van der Waals surface area (Å²) in [5.41, 5.74) is 0.127. The summed E-state index contributed by atoms with van der Waals surface area (Å²) in [6, 6.07) is 5.16. The Labute approximate surface area is 148 Å². The minimum atomic E-state index is -3.69.